The molecule has 0 radical (unpaired) electrons. The maximum absolute atomic E-state index is 13.0. The molecule has 0 bridgehead atoms. The standard InChI is InChI=1S/C21H24N4O3S/c1-12-10-17(24-20(27)13-4-5-13)29-18(12)21(28)23-15-11-14(19(22)26)6-7-16(15)25-8-2-3-9-25/h6-7,10-11,13H,2-5,8-9H2,1H3,(H2,22,26)(H,23,28)(H,24,27). The van der Waals surface area contributed by atoms with Gasteiger partial charge in [-0.3, -0.25) is 14.4 Å². The molecule has 1 saturated heterocycles. The molecule has 7 nitrogen and oxygen atoms in total. The zero-order valence-electron chi connectivity index (χ0n) is 16.3. The summed E-state index contributed by atoms with van der Waals surface area (Å²) < 4.78 is 0. The molecule has 1 aliphatic heterocycles. The molecule has 0 atom stereocenters. The van der Waals surface area contributed by atoms with Crippen molar-refractivity contribution in [3.8, 4) is 0 Å². The molecule has 2 fully saturated rings. The first kappa shape index (κ1) is 19.4. The van der Waals surface area contributed by atoms with E-state index in [0.717, 1.165) is 50.0 Å². The maximum atomic E-state index is 13.0. The summed E-state index contributed by atoms with van der Waals surface area (Å²) in [6.07, 6.45) is 4.05. The third-order valence-electron chi connectivity index (χ3n) is 5.29. The lowest BCUT2D eigenvalue weighted by Crippen LogP contribution is -2.22. The van der Waals surface area contributed by atoms with Crippen molar-refractivity contribution >= 4 is 45.4 Å². The predicted molar refractivity (Wildman–Crippen MR) is 115 cm³/mol. The number of nitrogens with zero attached hydrogens (tertiary/aromatic N) is 1. The Labute approximate surface area is 173 Å². The fourth-order valence-electron chi connectivity index (χ4n) is 3.54. The van der Waals surface area contributed by atoms with E-state index in [1.165, 1.54) is 11.3 Å². The Morgan fingerprint density at radius 2 is 1.83 bits per heavy atom. The summed E-state index contributed by atoms with van der Waals surface area (Å²) in [7, 11) is 0. The molecule has 1 aromatic carbocycles. The van der Waals surface area contributed by atoms with E-state index in [0.29, 0.717) is 21.1 Å². The highest BCUT2D eigenvalue weighted by Gasteiger charge is 2.30. The number of thiophene rings is 1. The highest BCUT2D eigenvalue weighted by molar-refractivity contribution is 7.18. The Morgan fingerprint density at radius 3 is 2.48 bits per heavy atom. The van der Waals surface area contributed by atoms with E-state index in [4.69, 9.17) is 5.73 Å². The van der Waals surface area contributed by atoms with Crippen LogP contribution >= 0.6 is 11.3 Å². The molecule has 3 amide bonds. The molecule has 0 spiro atoms. The first-order valence-electron chi connectivity index (χ1n) is 9.84. The molecule has 152 valence electrons. The average molecular weight is 413 g/mol. The third kappa shape index (κ3) is 4.27. The summed E-state index contributed by atoms with van der Waals surface area (Å²) in [5.74, 6) is -0.676. The molecular weight excluding hydrogens is 388 g/mol. The Morgan fingerprint density at radius 1 is 1.10 bits per heavy atom. The molecule has 2 heterocycles. The van der Waals surface area contributed by atoms with Crippen LogP contribution in [0.3, 0.4) is 0 Å². The van der Waals surface area contributed by atoms with Crippen molar-refractivity contribution in [2.24, 2.45) is 11.7 Å². The van der Waals surface area contributed by atoms with Gasteiger partial charge in [-0.2, -0.15) is 0 Å². The number of amides is 3. The number of primary amides is 1. The smallest absolute Gasteiger partial charge is 0.266 e. The van der Waals surface area contributed by atoms with Crippen molar-refractivity contribution in [3.63, 3.8) is 0 Å². The van der Waals surface area contributed by atoms with Gasteiger partial charge in [-0.15, -0.1) is 11.3 Å². The van der Waals surface area contributed by atoms with Crippen LogP contribution in [0.5, 0.6) is 0 Å². The van der Waals surface area contributed by atoms with E-state index < -0.39 is 5.91 Å². The van der Waals surface area contributed by atoms with Gasteiger partial charge >= 0.3 is 0 Å². The Balaban J connectivity index is 1.57. The van der Waals surface area contributed by atoms with Crippen LogP contribution in [0.2, 0.25) is 0 Å². The van der Waals surface area contributed by atoms with Crippen molar-refractivity contribution in [3.05, 3.63) is 40.3 Å². The monoisotopic (exact) mass is 412 g/mol. The molecule has 4 rings (SSSR count). The van der Waals surface area contributed by atoms with Gasteiger partial charge < -0.3 is 21.3 Å². The van der Waals surface area contributed by atoms with E-state index in [2.05, 4.69) is 15.5 Å². The summed E-state index contributed by atoms with van der Waals surface area (Å²) >= 11 is 1.26. The molecular formula is C21H24N4O3S. The zero-order chi connectivity index (χ0) is 20.5. The molecule has 8 heteroatoms. The molecule has 29 heavy (non-hydrogen) atoms. The number of carbonyl (C=O) groups excluding carboxylic acids is 3. The quantitative estimate of drug-likeness (QED) is 0.677. The summed E-state index contributed by atoms with van der Waals surface area (Å²) in [5, 5.41) is 6.52. The minimum atomic E-state index is -0.536. The zero-order valence-corrected chi connectivity index (χ0v) is 17.1. The molecule has 1 saturated carbocycles. The fourth-order valence-corrected chi connectivity index (χ4v) is 4.51. The lowest BCUT2D eigenvalue weighted by atomic mass is 10.1. The van der Waals surface area contributed by atoms with Gasteiger partial charge in [0, 0.05) is 24.6 Å². The first-order chi connectivity index (χ1) is 13.9. The third-order valence-corrected chi connectivity index (χ3v) is 6.45. The Bertz CT molecular complexity index is 974. The van der Waals surface area contributed by atoms with Crippen molar-refractivity contribution in [1.29, 1.82) is 0 Å². The van der Waals surface area contributed by atoms with Crippen LogP contribution < -0.4 is 21.3 Å². The highest BCUT2D eigenvalue weighted by atomic mass is 32.1. The lowest BCUT2D eigenvalue weighted by Gasteiger charge is -2.22. The summed E-state index contributed by atoms with van der Waals surface area (Å²) in [5.41, 5.74) is 8.04. The first-order valence-corrected chi connectivity index (χ1v) is 10.7. The maximum Gasteiger partial charge on any atom is 0.266 e. The number of benzene rings is 1. The number of hydrogen-bond donors (Lipinski definition) is 3. The molecule has 1 aromatic heterocycles. The van der Waals surface area contributed by atoms with E-state index in [-0.39, 0.29) is 17.7 Å². The normalized spacial score (nSPS) is 16.0. The second-order valence-corrected chi connectivity index (χ2v) is 8.68. The fraction of sp³-hybridized carbons (Fsp3) is 0.381. The Kier molecular flexibility index (Phi) is 5.27. The number of aryl methyl sites for hydroxylation is 1. The van der Waals surface area contributed by atoms with Gasteiger partial charge in [0.2, 0.25) is 11.8 Å². The van der Waals surface area contributed by atoms with Gasteiger partial charge in [-0.05, 0) is 62.4 Å². The lowest BCUT2D eigenvalue weighted by molar-refractivity contribution is -0.117. The number of hydrogen-bond acceptors (Lipinski definition) is 5. The van der Waals surface area contributed by atoms with Crippen molar-refractivity contribution < 1.29 is 14.4 Å². The van der Waals surface area contributed by atoms with E-state index in [1.54, 1.807) is 12.1 Å². The van der Waals surface area contributed by atoms with Gasteiger partial charge in [-0.25, -0.2) is 0 Å². The number of nitrogens with two attached hydrogens (primary N) is 1. The SMILES string of the molecule is Cc1cc(NC(=O)C2CC2)sc1C(=O)Nc1cc(C(N)=O)ccc1N1CCCC1. The van der Waals surface area contributed by atoms with E-state index in [9.17, 15) is 14.4 Å². The molecule has 2 aliphatic rings. The molecule has 2 aromatic rings. The second-order valence-electron chi connectivity index (χ2n) is 7.63. The number of carbonyl (C=O) groups is 3. The molecule has 0 unspecified atom stereocenters. The van der Waals surface area contributed by atoms with Crippen molar-refractivity contribution in [1.82, 2.24) is 0 Å². The topological polar surface area (TPSA) is 105 Å². The van der Waals surface area contributed by atoms with Crippen LogP contribution in [-0.4, -0.2) is 30.8 Å². The number of nitrogens with one attached hydrogen (secondary N) is 2. The molecule has 4 N–H and O–H groups in total. The van der Waals surface area contributed by atoms with Crippen LogP contribution in [0.15, 0.2) is 24.3 Å². The highest BCUT2D eigenvalue weighted by Crippen LogP contribution is 2.34. The van der Waals surface area contributed by atoms with Crippen LogP contribution in [-0.2, 0) is 4.79 Å². The van der Waals surface area contributed by atoms with Gasteiger partial charge in [0.05, 0.1) is 21.3 Å². The van der Waals surface area contributed by atoms with Gasteiger partial charge in [0.25, 0.3) is 5.91 Å². The predicted octanol–water partition coefficient (Wildman–Crippen LogP) is 3.36. The van der Waals surface area contributed by atoms with Crippen LogP contribution in [0.4, 0.5) is 16.4 Å². The molecule has 1 aliphatic carbocycles. The summed E-state index contributed by atoms with van der Waals surface area (Å²) in [4.78, 5) is 39.3. The summed E-state index contributed by atoms with van der Waals surface area (Å²) in [6, 6.07) is 6.98. The number of anilines is 3. The van der Waals surface area contributed by atoms with Crippen molar-refractivity contribution in [2.75, 3.05) is 28.6 Å². The summed E-state index contributed by atoms with van der Waals surface area (Å²) in [6.45, 7) is 3.67. The van der Waals surface area contributed by atoms with Crippen LogP contribution in [0.1, 0.15) is 51.3 Å². The average Bonchev–Trinajstić information content (AvgIpc) is 3.27. The minimum Gasteiger partial charge on any atom is -0.370 e. The van der Waals surface area contributed by atoms with Crippen LogP contribution in [0, 0.1) is 12.8 Å². The second kappa shape index (κ2) is 7.87. The Hall–Kier alpha value is -2.87. The van der Waals surface area contributed by atoms with E-state index in [1.807, 2.05) is 19.1 Å². The van der Waals surface area contributed by atoms with Gasteiger partial charge in [-0.1, -0.05) is 0 Å². The van der Waals surface area contributed by atoms with Crippen LogP contribution in [0.25, 0.3) is 0 Å². The largest absolute Gasteiger partial charge is 0.370 e. The van der Waals surface area contributed by atoms with Gasteiger partial charge in [0.15, 0.2) is 0 Å². The number of rotatable bonds is 6. The minimum absolute atomic E-state index is 0.0173. The van der Waals surface area contributed by atoms with Gasteiger partial charge in [0.1, 0.15) is 0 Å². The van der Waals surface area contributed by atoms with E-state index >= 15 is 0 Å². The van der Waals surface area contributed by atoms with Crippen molar-refractivity contribution in [2.45, 2.75) is 32.6 Å².